The lowest BCUT2D eigenvalue weighted by molar-refractivity contribution is 0.0942. The number of nitrogens with zero attached hydrogens (tertiary/aromatic N) is 2. The van der Waals surface area contributed by atoms with Crippen molar-refractivity contribution in [2.75, 3.05) is 13.1 Å². The molecule has 1 saturated heterocycles. The second-order valence-corrected chi connectivity index (χ2v) is 6.61. The average Bonchev–Trinajstić information content (AvgIpc) is 2.39. The molecule has 1 N–H and O–H groups in total. The normalized spacial score (nSPS) is 20.4. The van der Waals surface area contributed by atoms with Gasteiger partial charge in [0, 0.05) is 43.1 Å². The summed E-state index contributed by atoms with van der Waals surface area (Å²) in [6.45, 7) is 11.5. The standard InChI is InChI=1S/C16H27N3/c1-13(14-6-5-9-17-12-14)18-15-7-10-19(11-8-15)16(2,3)4/h5-6,9,12-13,15,18H,7-8,10-11H2,1-4H3. The van der Waals surface area contributed by atoms with Crippen LogP contribution in [0.4, 0.5) is 0 Å². The van der Waals surface area contributed by atoms with E-state index in [4.69, 9.17) is 0 Å². The third-order valence-electron chi connectivity index (χ3n) is 4.11. The number of hydrogen-bond donors (Lipinski definition) is 1. The van der Waals surface area contributed by atoms with Gasteiger partial charge in [-0.25, -0.2) is 0 Å². The molecule has 2 rings (SSSR count). The zero-order valence-corrected chi connectivity index (χ0v) is 12.7. The predicted octanol–water partition coefficient (Wildman–Crippen LogP) is 3.00. The van der Waals surface area contributed by atoms with E-state index in [1.165, 1.54) is 31.5 Å². The largest absolute Gasteiger partial charge is 0.307 e. The molecular formula is C16H27N3. The van der Waals surface area contributed by atoms with Gasteiger partial charge in [0.2, 0.25) is 0 Å². The molecule has 106 valence electrons. The molecule has 0 amide bonds. The summed E-state index contributed by atoms with van der Waals surface area (Å²) in [6, 6.07) is 5.18. The Kier molecular flexibility index (Phi) is 4.58. The van der Waals surface area contributed by atoms with Crippen molar-refractivity contribution in [3.05, 3.63) is 30.1 Å². The number of piperidine rings is 1. The first-order valence-electron chi connectivity index (χ1n) is 7.38. The summed E-state index contributed by atoms with van der Waals surface area (Å²) < 4.78 is 0. The Labute approximate surface area is 117 Å². The monoisotopic (exact) mass is 261 g/mol. The van der Waals surface area contributed by atoms with Crippen LogP contribution in [0.3, 0.4) is 0 Å². The molecular weight excluding hydrogens is 234 g/mol. The van der Waals surface area contributed by atoms with Crippen LogP contribution >= 0.6 is 0 Å². The number of hydrogen-bond acceptors (Lipinski definition) is 3. The molecule has 1 fully saturated rings. The Balaban J connectivity index is 1.83. The fourth-order valence-electron chi connectivity index (χ4n) is 2.80. The van der Waals surface area contributed by atoms with Crippen molar-refractivity contribution in [1.82, 2.24) is 15.2 Å². The predicted molar refractivity (Wildman–Crippen MR) is 80.1 cm³/mol. The van der Waals surface area contributed by atoms with Crippen LogP contribution in [0.15, 0.2) is 24.5 Å². The lowest BCUT2D eigenvalue weighted by Crippen LogP contribution is -2.50. The zero-order valence-electron chi connectivity index (χ0n) is 12.7. The van der Waals surface area contributed by atoms with Gasteiger partial charge in [-0.15, -0.1) is 0 Å². The molecule has 2 heterocycles. The third-order valence-corrected chi connectivity index (χ3v) is 4.11. The number of aromatic nitrogens is 1. The van der Waals surface area contributed by atoms with Crippen molar-refractivity contribution in [3.63, 3.8) is 0 Å². The Morgan fingerprint density at radius 3 is 2.53 bits per heavy atom. The second kappa shape index (κ2) is 6.02. The molecule has 0 spiro atoms. The van der Waals surface area contributed by atoms with E-state index in [0.29, 0.717) is 17.6 Å². The first-order valence-corrected chi connectivity index (χ1v) is 7.38. The molecule has 1 aliphatic heterocycles. The summed E-state index contributed by atoms with van der Waals surface area (Å²) in [5.41, 5.74) is 1.58. The van der Waals surface area contributed by atoms with Gasteiger partial charge in [-0.2, -0.15) is 0 Å². The van der Waals surface area contributed by atoms with Gasteiger partial charge >= 0.3 is 0 Å². The summed E-state index contributed by atoms with van der Waals surface area (Å²) in [7, 11) is 0. The van der Waals surface area contributed by atoms with Crippen LogP contribution in [0, 0.1) is 0 Å². The fraction of sp³-hybridized carbons (Fsp3) is 0.688. The van der Waals surface area contributed by atoms with Crippen LogP contribution < -0.4 is 5.32 Å². The van der Waals surface area contributed by atoms with E-state index in [2.05, 4.69) is 49.0 Å². The topological polar surface area (TPSA) is 28.2 Å². The smallest absolute Gasteiger partial charge is 0.0315 e. The SMILES string of the molecule is CC(NC1CCN(C(C)(C)C)CC1)c1cccnc1. The van der Waals surface area contributed by atoms with Gasteiger partial charge in [-0.05, 0) is 52.2 Å². The first-order chi connectivity index (χ1) is 8.97. The maximum absolute atomic E-state index is 4.19. The number of likely N-dealkylation sites (tertiary alicyclic amines) is 1. The molecule has 1 atom stereocenters. The van der Waals surface area contributed by atoms with Crippen LogP contribution in [-0.2, 0) is 0 Å². The van der Waals surface area contributed by atoms with Gasteiger partial charge in [-0.1, -0.05) is 6.07 Å². The van der Waals surface area contributed by atoms with Gasteiger partial charge in [0.15, 0.2) is 0 Å². The van der Waals surface area contributed by atoms with E-state index < -0.39 is 0 Å². The molecule has 0 aromatic carbocycles. The maximum Gasteiger partial charge on any atom is 0.0315 e. The summed E-state index contributed by atoms with van der Waals surface area (Å²) in [5.74, 6) is 0. The molecule has 19 heavy (non-hydrogen) atoms. The van der Waals surface area contributed by atoms with Crippen molar-refractivity contribution in [1.29, 1.82) is 0 Å². The van der Waals surface area contributed by atoms with Gasteiger partial charge < -0.3 is 5.32 Å². The number of pyridine rings is 1. The van der Waals surface area contributed by atoms with E-state index in [-0.39, 0.29) is 0 Å². The average molecular weight is 261 g/mol. The first kappa shape index (κ1) is 14.5. The highest BCUT2D eigenvalue weighted by atomic mass is 15.2. The molecule has 3 heteroatoms. The van der Waals surface area contributed by atoms with Crippen LogP contribution in [0.1, 0.15) is 52.1 Å². The van der Waals surface area contributed by atoms with Crippen LogP contribution in [0.25, 0.3) is 0 Å². The summed E-state index contributed by atoms with van der Waals surface area (Å²) in [6.07, 6.45) is 6.27. The van der Waals surface area contributed by atoms with Crippen molar-refractivity contribution in [2.24, 2.45) is 0 Å². The molecule has 1 aromatic heterocycles. The van der Waals surface area contributed by atoms with Crippen molar-refractivity contribution in [3.8, 4) is 0 Å². The Bertz CT molecular complexity index is 375. The van der Waals surface area contributed by atoms with E-state index in [1.807, 2.05) is 18.5 Å². The lowest BCUT2D eigenvalue weighted by Gasteiger charge is -2.41. The van der Waals surface area contributed by atoms with Gasteiger partial charge in [-0.3, -0.25) is 9.88 Å². The van der Waals surface area contributed by atoms with Crippen LogP contribution in [0.5, 0.6) is 0 Å². The highest BCUT2D eigenvalue weighted by Crippen LogP contribution is 2.22. The van der Waals surface area contributed by atoms with Crippen molar-refractivity contribution >= 4 is 0 Å². The molecule has 0 saturated carbocycles. The zero-order chi connectivity index (χ0) is 13.9. The van der Waals surface area contributed by atoms with Gasteiger partial charge in [0.1, 0.15) is 0 Å². The van der Waals surface area contributed by atoms with Crippen molar-refractivity contribution in [2.45, 2.75) is 58.2 Å². The highest BCUT2D eigenvalue weighted by molar-refractivity contribution is 5.13. The minimum atomic E-state index is 0.305. The van der Waals surface area contributed by atoms with Gasteiger partial charge in [0.25, 0.3) is 0 Å². The second-order valence-electron chi connectivity index (χ2n) is 6.61. The minimum absolute atomic E-state index is 0.305. The van der Waals surface area contributed by atoms with E-state index in [9.17, 15) is 0 Å². The molecule has 1 unspecified atom stereocenters. The fourth-order valence-corrected chi connectivity index (χ4v) is 2.80. The minimum Gasteiger partial charge on any atom is -0.307 e. The Morgan fingerprint density at radius 1 is 1.32 bits per heavy atom. The highest BCUT2D eigenvalue weighted by Gasteiger charge is 2.27. The Morgan fingerprint density at radius 2 is 2.00 bits per heavy atom. The maximum atomic E-state index is 4.19. The molecule has 1 aliphatic rings. The van der Waals surface area contributed by atoms with Crippen LogP contribution in [-0.4, -0.2) is 34.6 Å². The molecule has 0 bridgehead atoms. The summed E-state index contributed by atoms with van der Waals surface area (Å²) in [5, 5.41) is 3.74. The molecule has 3 nitrogen and oxygen atoms in total. The summed E-state index contributed by atoms with van der Waals surface area (Å²) >= 11 is 0. The quantitative estimate of drug-likeness (QED) is 0.906. The Hall–Kier alpha value is -0.930. The lowest BCUT2D eigenvalue weighted by atomic mass is 9.97. The van der Waals surface area contributed by atoms with Crippen LogP contribution in [0.2, 0.25) is 0 Å². The molecule has 1 aromatic rings. The van der Waals surface area contributed by atoms with E-state index >= 15 is 0 Å². The molecule has 0 radical (unpaired) electrons. The molecule has 0 aliphatic carbocycles. The number of nitrogens with one attached hydrogen (secondary N) is 1. The van der Waals surface area contributed by atoms with E-state index in [0.717, 1.165) is 0 Å². The summed E-state index contributed by atoms with van der Waals surface area (Å²) in [4.78, 5) is 6.78. The van der Waals surface area contributed by atoms with Gasteiger partial charge in [0.05, 0.1) is 0 Å². The van der Waals surface area contributed by atoms with E-state index in [1.54, 1.807) is 0 Å². The number of rotatable bonds is 3. The third kappa shape index (κ3) is 4.02. The van der Waals surface area contributed by atoms with Crippen molar-refractivity contribution < 1.29 is 0 Å².